The number of likely N-dealkylation sites (tertiary alicyclic amines) is 3. The van der Waals surface area contributed by atoms with Gasteiger partial charge in [-0.3, -0.25) is 9.89 Å². The Morgan fingerprint density at radius 1 is 0.848 bits per heavy atom. The zero-order chi connectivity index (χ0) is 22.2. The van der Waals surface area contributed by atoms with Crippen molar-refractivity contribution in [3.05, 3.63) is 0 Å². The molecule has 4 rings (SSSR count). The van der Waals surface area contributed by atoms with Gasteiger partial charge in [-0.15, -0.1) is 24.0 Å². The van der Waals surface area contributed by atoms with E-state index in [-0.39, 0.29) is 24.0 Å². The van der Waals surface area contributed by atoms with E-state index in [1.165, 1.54) is 123 Å². The molecule has 0 aromatic heterocycles. The molecular weight excluding hydrogens is 523 g/mol. The summed E-state index contributed by atoms with van der Waals surface area (Å²) in [5.74, 6) is 1.98. The summed E-state index contributed by atoms with van der Waals surface area (Å²) in [7, 11) is 4.21. The zero-order valence-corrected chi connectivity index (χ0v) is 23.8. The molecular formula is C26H51IN6. The van der Waals surface area contributed by atoms with Crippen molar-refractivity contribution in [2.24, 2.45) is 10.9 Å². The highest BCUT2D eigenvalue weighted by atomic mass is 127. The predicted molar refractivity (Wildman–Crippen MR) is 151 cm³/mol. The summed E-state index contributed by atoms with van der Waals surface area (Å²) in [6, 6.07) is 0.562. The number of rotatable bonds is 6. The van der Waals surface area contributed by atoms with E-state index in [1.54, 1.807) is 0 Å². The van der Waals surface area contributed by atoms with Crippen LogP contribution < -0.4 is 10.6 Å². The van der Waals surface area contributed by atoms with Gasteiger partial charge in [0, 0.05) is 44.8 Å². The van der Waals surface area contributed by atoms with Gasteiger partial charge in [0.2, 0.25) is 0 Å². The van der Waals surface area contributed by atoms with Crippen LogP contribution in [0.2, 0.25) is 0 Å². The van der Waals surface area contributed by atoms with Crippen LogP contribution in [0.25, 0.3) is 0 Å². The third kappa shape index (κ3) is 7.94. The standard InChI is InChI=1S/C26H50N6.HI/c1-27-25(29-24-11-17-31(18-12-24)21-23-9-5-3-6-10-23)28-22-26(13-19-30(2)20-14-26)32-15-7-4-8-16-32;/h23-24H,3-22H2,1-2H3,(H2,27,28,29);1H. The molecule has 0 radical (unpaired) electrons. The van der Waals surface area contributed by atoms with Crippen molar-refractivity contribution in [2.45, 2.75) is 88.6 Å². The molecule has 1 saturated carbocycles. The van der Waals surface area contributed by atoms with Gasteiger partial charge >= 0.3 is 0 Å². The monoisotopic (exact) mass is 574 g/mol. The van der Waals surface area contributed by atoms with Crippen molar-refractivity contribution >= 4 is 29.9 Å². The largest absolute Gasteiger partial charge is 0.355 e. The first kappa shape index (κ1) is 27.5. The Hall–Kier alpha value is -0.120. The number of nitrogens with zero attached hydrogens (tertiary/aromatic N) is 4. The Labute approximate surface area is 220 Å². The minimum Gasteiger partial charge on any atom is -0.355 e. The first-order valence-electron chi connectivity index (χ1n) is 13.8. The number of hydrogen-bond donors (Lipinski definition) is 2. The molecule has 4 aliphatic rings. The van der Waals surface area contributed by atoms with Gasteiger partial charge in [-0.1, -0.05) is 25.7 Å². The summed E-state index contributed by atoms with van der Waals surface area (Å²) in [5, 5.41) is 7.56. The molecule has 2 N–H and O–H groups in total. The maximum absolute atomic E-state index is 4.62. The molecule has 0 bridgehead atoms. The quantitative estimate of drug-likeness (QED) is 0.288. The second-order valence-electron chi connectivity index (χ2n) is 11.2. The van der Waals surface area contributed by atoms with E-state index in [1.807, 2.05) is 7.05 Å². The van der Waals surface area contributed by atoms with Gasteiger partial charge in [0.25, 0.3) is 0 Å². The fourth-order valence-corrected chi connectivity index (χ4v) is 6.64. The fourth-order valence-electron chi connectivity index (χ4n) is 6.64. The van der Waals surface area contributed by atoms with Gasteiger partial charge in [0.05, 0.1) is 0 Å². The maximum atomic E-state index is 4.62. The highest BCUT2D eigenvalue weighted by Gasteiger charge is 2.39. The molecule has 0 atom stereocenters. The lowest BCUT2D eigenvalue weighted by Crippen LogP contribution is -2.62. The highest BCUT2D eigenvalue weighted by Crippen LogP contribution is 2.31. The maximum Gasteiger partial charge on any atom is 0.191 e. The third-order valence-corrected chi connectivity index (χ3v) is 8.92. The second kappa shape index (κ2) is 13.8. The van der Waals surface area contributed by atoms with E-state index < -0.39 is 0 Å². The topological polar surface area (TPSA) is 46.1 Å². The van der Waals surface area contributed by atoms with Crippen molar-refractivity contribution < 1.29 is 0 Å². The predicted octanol–water partition coefficient (Wildman–Crippen LogP) is 3.76. The van der Waals surface area contributed by atoms with Gasteiger partial charge < -0.3 is 20.4 Å². The van der Waals surface area contributed by atoms with Crippen molar-refractivity contribution in [3.8, 4) is 0 Å². The number of guanidine groups is 1. The number of halogens is 1. The molecule has 1 aliphatic carbocycles. The van der Waals surface area contributed by atoms with Crippen molar-refractivity contribution in [1.29, 1.82) is 0 Å². The molecule has 3 saturated heterocycles. The van der Waals surface area contributed by atoms with Crippen molar-refractivity contribution in [3.63, 3.8) is 0 Å². The molecule has 4 fully saturated rings. The van der Waals surface area contributed by atoms with Crippen molar-refractivity contribution in [1.82, 2.24) is 25.3 Å². The smallest absolute Gasteiger partial charge is 0.191 e. The van der Waals surface area contributed by atoms with Crippen LogP contribution in [0.5, 0.6) is 0 Å². The van der Waals surface area contributed by atoms with Gasteiger partial charge in [0.1, 0.15) is 0 Å². The average molecular weight is 575 g/mol. The summed E-state index contributed by atoms with van der Waals surface area (Å²) < 4.78 is 0. The molecule has 3 heterocycles. The molecule has 0 spiro atoms. The molecule has 7 heteroatoms. The Morgan fingerprint density at radius 2 is 1.48 bits per heavy atom. The summed E-state index contributed by atoms with van der Waals surface area (Å²) in [5.41, 5.74) is 0.300. The van der Waals surface area contributed by atoms with E-state index in [0.717, 1.165) is 18.4 Å². The van der Waals surface area contributed by atoms with Crippen LogP contribution >= 0.6 is 24.0 Å². The van der Waals surface area contributed by atoms with Crippen LogP contribution in [0.15, 0.2) is 4.99 Å². The molecule has 6 nitrogen and oxygen atoms in total. The number of hydrogen-bond acceptors (Lipinski definition) is 4. The van der Waals surface area contributed by atoms with Crippen LogP contribution in [0.3, 0.4) is 0 Å². The minimum absolute atomic E-state index is 0. The van der Waals surface area contributed by atoms with Gasteiger partial charge in [-0.25, -0.2) is 0 Å². The third-order valence-electron chi connectivity index (χ3n) is 8.92. The number of nitrogens with one attached hydrogen (secondary N) is 2. The van der Waals surface area contributed by atoms with E-state index in [2.05, 4.69) is 37.4 Å². The van der Waals surface area contributed by atoms with Gasteiger partial charge in [0.15, 0.2) is 5.96 Å². The van der Waals surface area contributed by atoms with Gasteiger partial charge in [-0.05, 0) is 90.5 Å². The van der Waals surface area contributed by atoms with Crippen LogP contribution in [0.4, 0.5) is 0 Å². The lowest BCUT2D eigenvalue weighted by atomic mass is 9.84. The lowest BCUT2D eigenvalue weighted by Gasteiger charge is -2.50. The van der Waals surface area contributed by atoms with Crippen LogP contribution in [0.1, 0.15) is 77.0 Å². The molecule has 0 aromatic carbocycles. The summed E-state index contributed by atoms with van der Waals surface area (Å²) in [6.07, 6.45) is 16.5. The summed E-state index contributed by atoms with van der Waals surface area (Å²) in [6.45, 7) is 9.83. The average Bonchev–Trinajstić information content (AvgIpc) is 2.85. The Balaban J connectivity index is 0.00000306. The van der Waals surface area contributed by atoms with E-state index >= 15 is 0 Å². The second-order valence-corrected chi connectivity index (χ2v) is 11.2. The van der Waals surface area contributed by atoms with Crippen molar-refractivity contribution in [2.75, 3.05) is 66.5 Å². The van der Waals surface area contributed by atoms with E-state index in [4.69, 9.17) is 0 Å². The fraction of sp³-hybridized carbons (Fsp3) is 0.962. The molecule has 192 valence electrons. The Morgan fingerprint density at radius 3 is 2.12 bits per heavy atom. The first-order chi connectivity index (χ1) is 15.7. The number of piperidine rings is 3. The molecule has 0 aromatic rings. The Bertz CT molecular complexity index is 571. The van der Waals surface area contributed by atoms with Gasteiger partial charge in [-0.2, -0.15) is 0 Å². The summed E-state index contributed by atoms with van der Waals surface area (Å²) in [4.78, 5) is 12.7. The SMILES string of the molecule is CN=C(NCC1(N2CCCCC2)CCN(C)CC1)NC1CCN(CC2CCCCC2)CC1.I. The Kier molecular flexibility index (Phi) is 11.5. The van der Waals surface area contributed by atoms with Crippen LogP contribution in [-0.2, 0) is 0 Å². The van der Waals surface area contributed by atoms with E-state index in [0.29, 0.717) is 11.6 Å². The van der Waals surface area contributed by atoms with E-state index in [9.17, 15) is 0 Å². The molecule has 0 amide bonds. The lowest BCUT2D eigenvalue weighted by molar-refractivity contribution is 0.0172. The minimum atomic E-state index is 0. The normalized spacial score (nSPS) is 27.2. The zero-order valence-electron chi connectivity index (χ0n) is 21.5. The molecule has 3 aliphatic heterocycles. The van der Waals surface area contributed by atoms with Crippen LogP contribution in [0, 0.1) is 5.92 Å². The number of aliphatic imine (C=N–C) groups is 1. The highest BCUT2D eigenvalue weighted by molar-refractivity contribution is 14.0. The van der Waals surface area contributed by atoms with Crippen LogP contribution in [-0.4, -0.2) is 98.7 Å². The molecule has 0 unspecified atom stereocenters. The summed E-state index contributed by atoms with van der Waals surface area (Å²) >= 11 is 0. The first-order valence-corrected chi connectivity index (χ1v) is 13.8. The molecule has 33 heavy (non-hydrogen) atoms.